The lowest BCUT2D eigenvalue weighted by molar-refractivity contribution is 0.0473. The van der Waals surface area contributed by atoms with E-state index in [1.54, 1.807) is 24.3 Å². The van der Waals surface area contributed by atoms with E-state index in [1.165, 1.54) is 30.3 Å². The first-order valence-electron chi connectivity index (χ1n) is 10.5. The Hall–Kier alpha value is -3.91. The Morgan fingerprint density at radius 1 is 0.941 bits per heavy atom. The van der Waals surface area contributed by atoms with E-state index in [1.807, 2.05) is 32.9 Å². The van der Waals surface area contributed by atoms with Gasteiger partial charge in [-0.15, -0.1) is 0 Å². The number of hydrogen-bond acceptors (Lipinski definition) is 6. The zero-order chi connectivity index (χ0) is 24.5. The molecule has 1 N–H and O–H groups in total. The van der Waals surface area contributed by atoms with Crippen molar-refractivity contribution < 1.29 is 22.4 Å². The molecule has 0 aliphatic carbocycles. The number of carbonyl (C=O) groups is 1. The molecule has 4 aromatic rings. The molecule has 0 aliphatic rings. The van der Waals surface area contributed by atoms with Crippen LogP contribution in [0.3, 0.4) is 0 Å². The number of nitrogens with one attached hydrogen (secondary N) is 1. The van der Waals surface area contributed by atoms with Gasteiger partial charge in [-0.1, -0.05) is 29.8 Å². The first-order chi connectivity index (χ1) is 16.1. The second-order valence-electron chi connectivity index (χ2n) is 8.05. The quantitative estimate of drug-likeness (QED) is 0.314. The van der Waals surface area contributed by atoms with Crippen LogP contribution in [0.2, 0.25) is 0 Å². The fraction of sp³-hybridized carbons (Fsp3) is 0.154. The third-order valence-corrected chi connectivity index (χ3v) is 6.98. The summed E-state index contributed by atoms with van der Waals surface area (Å²) >= 11 is 0. The molecule has 1 aromatic heterocycles. The van der Waals surface area contributed by atoms with Crippen LogP contribution < -0.4 is 10.3 Å². The van der Waals surface area contributed by atoms with E-state index in [-0.39, 0.29) is 17.1 Å². The van der Waals surface area contributed by atoms with E-state index < -0.39 is 21.6 Å². The summed E-state index contributed by atoms with van der Waals surface area (Å²) in [5.74, 6) is -0.638. The van der Waals surface area contributed by atoms with E-state index in [0.29, 0.717) is 22.2 Å². The highest BCUT2D eigenvalue weighted by Crippen LogP contribution is 2.24. The van der Waals surface area contributed by atoms with Crippen molar-refractivity contribution in [3.63, 3.8) is 0 Å². The molecular formula is C26H23NO6S. The second kappa shape index (κ2) is 9.15. The molecule has 0 aliphatic heterocycles. The van der Waals surface area contributed by atoms with Gasteiger partial charge in [-0.3, -0.25) is 4.72 Å². The van der Waals surface area contributed by atoms with Crippen LogP contribution in [-0.4, -0.2) is 14.4 Å². The van der Waals surface area contributed by atoms with Crippen molar-refractivity contribution in [2.75, 3.05) is 4.72 Å². The van der Waals surface area contributed by atoms with Crippen LogP contribution in [0, 0.1) is 20.8 Å². The highest BCUT2D eigenvalue weighted by atomic mass is 32.2. The Balaban J connectivity index is 1.49. The van der Waals surface area contributed by atoms with Crippen LogP contribution in [-0.2, 0) is 21.4 Å². The summed E-state index contributed by atoms with van der Waals surface area (Å²) in [4.78, 5) is 24.6. The third-order valence-electron chi connectivity index (χ3n) is 5.58. The van der Waals surface area contributed by atoms with Gasteiger partial charge < -0.3 is 9.15 Å². The molecule has 0 fully saturated rings. The monoisotopic (exact) mass is 477 g/mol. The maximum atomic E-state index is 12.6. The molecule has 0 spiro atoms. The van der Waals surface area contributed by atoms with Gasteiger partial charge in [0.25, 0.3) is 10.0 Å². The second-order valence-corrected chi connectivity index (χ2v) is 9.73. The molecule has 0 saturated carbocycles. The number of aryl methyl sites for hydroxylation is 3. The van der Waals surface area contributed by atoms with Crippen LogP contribution in [0.15, 0.2) is 80.8 Å². The molecule has 1 heterocycles. The first-order valence-corrected chi connectivity index (χ1v) is 12.0. The summed E-state index contributed by atoms with van der Waals surface area (Å²) in [5.41, 5.74) is 3.95. The Morgan fingerprint density at radius 2 is 1.62 bits per heavy atom. The predicted octanol–water partition coefficient (Wildman–Crippen LogP) is 4.88. The van der Waals surface area contributed by atoms with E-state index in [2.05, 4.69) is 4.72 Å². The van der Waals surface area contributed by atoms with Crippen LogP contribution in [0.25, 0.3) is 11.0 Å². The standard InChI is InChI=1S/C26H23NO6S/c1-16-4-9-21(10-5-16)27-34(30,31)22-11-7-19(8-12-22)26(29)32-15-20-14-24(28)33-25-18(3)17(2)6-13-23(20)25/h4-14,27H,15H2,1-3H3. The van der Waals surface area contributed by atoms with Gasteiger partial charge in [0.2, 0.25) is 0 Å². The van der Waals surface area contributed by atoms with Crippen molar-refractivity contribution in [3.8, 4) is 0 Å². The molecule has 0 atom stereocenters. The number of ether oxygens (including phenoxy) is 1. The average Bonchev–Trinajstić information content (AvgIpc) is 2.81. The van der Waals surface area contributed by atoms with Crippen molar-refractivity contribution in [2.24, 2.45) is 0 Å². The molecule has 3 aromatic carbocycles. The Labute approximate surface area is 197 Å². The lowest BCUT2D eigenvalue weighted by Crippen LogP contribution is -2.13. The topological polar surface area (TPSA) is 103 Å². The average molecular weight is 478 g/mol. The minimum Gasteiger partial charge on any atom is -0.457 e. The van der Waals surface area contributed by atoms with Crippen molar-refractivity contribution in [1.82, 2.24) is 0 Å². The Kier molecular flexibility index (Phi) is 6.26. The van der Waals surface area contributed by atoms with Gasteiger partial charge in [-0.05, 0) is 68.3 Å². The van der Waals surface area contributed by atoms with Gasteiger partial charge in [-0.25, -0.2) is 18.0 Å². The first kappa shape index (κ1) is 23.3. The van der Waals surface area contributed by atoms with Gasteiger partial charge in [-0.2, -0.15) is 0 Å². The summed E-state index contributed by atoms with van der Waals surface area (Å²) in [6.45, 7) is 5.56. The number of fused-ring (bicyclic) bond motifs is 1. The highest BCUT2D eigenvalue weighted by Gasteiger charge is 2.17. The summed E-state index contributed by atoms with van der Waals surface area (Å²) in [5, 5.41) is 0.694. The Morgan fingerprint density at radius 3 is 2.29 bits per heavy atom. The molecule has 4 rings (SSSR count). The fourth-order valence-electron chi connectivity index (χ4n) is 3.48. The summed E-state index contributed by atoms with van der Waals surface area (Å²) in [6, 6.07) is 17.4. The van der Waals surface area contributed by atoms with Crippen LogP contribution in [0.1, 0.15) is 32.6 Å². The Bertz CT molecular complexity index is 1540. The minimum atomic E-state index is -3.81. The molecule has 0 radical (unpaired) electrons. The largest absolute Gasteiger partial charge is 0.457 e. The van der Waals surface area contributed by atoms with E-state index in [4.69, 9.17) is 9.15 Å². The predicted molar refractivity (Wildman–Crippen MR) is 130 cm³/mol. The molecule has 34 heavy (non-hydrogen) atoms. The van der Waals surface area contributed by atoms with Crippen molar-refractivity contribution >= 4 is 32.6 Å². The van der Waals surface area contributed by atoms with Gasteiger partial charge in [0.15, 0.2) is 0 Å². The lowest BCUT2D eigenvalue weighted by atomic mass is 10.0. The summed E-state index contributed by atoms with van der Waals surface area (Å²) in [6.07, 6.45) is 0. The maximum Gasteiger partial charge on any atom is 0.338 e. The van der Waals surface area contributed by atoms with E-state index >= 15 is 0 Å². The zero-order valence-electron chi connectivity index (χ0n) is 18.9. The molecular weight excluding hydrogens is 454 g/mol. The number of sulfonamides is 1. The molecule has 7 nitrogen and oxygen atoms in total. The molecule has 0 bridgehead atoms. The maximum absolute atomic E-state index is 12.6. The molecule has 0 unspecified atom stereocenters. The van der Waals surface area contributed by atoms with Gasteiger partial charge in [0.05, 0.1) is 10.5 Å². The van der Waals surface area contributed by atoms with Crippen LogP contribution in [0.5, 0.6) is 0 Å². The molecule has 0 amide bonds. The minimum absolute atomic E-state index is 0.0159. The SMILES string of the molecule is Cc1ccc(NS(=O)(=O)c2ccc(C(=O)OCc3cc(=O)oc4c(C)c(C)ccc34)cc2)cc1. The van der Waals surface area contributed by atoms with Crippen LogP contribution >= 0.6 is 0 Å². The van der Waals surface area contributed by atoms with Gasteiger partial charge in [0, 0.05) is 22.7 Å². The lowest BCUT2D eigenvalue weighted by Gasteiger charge is -2.11. The number of carbonyl (C=O) groups excluding carboxylic acids is 1. The van der Waals surface area contributed by atoms with Crippen molar-refractivity contribution in [1.29, 1.82) is 0 Å². The number of benzene rings is 3. The third kappa shape index (κ3) is 4.87. The number of anilines is 1. The number of esters is 1. The van der Waals surface area contributed by atoms with Crippen molar-refractivity contribution in [2.45, 2.75) is 32.3 Å². The van der Waals surface area contributed by atoms with Gasteiger partial charge >= 0.3 is 11.6 Å². The molecule has 8 heteroatoms. The van der Waals surface area contributed by atoms with Crippen LogP contribution in [0.4, 0.5) is 5.69 Å². The van der Waals surface area contributed by atoms with E-state index in [9.17, 15) is 18.0 Å². The summed E-state index contributed by atoms with van der Waals surface area (Å²) in [7, 11) is -3.81. The van der Waals surface area contributed by atoms with Gasteiger partial charge in [0.1, 0.15) is 12.2 Å². The fourth-order valence-corrected chi connectivity index (χ4v) is 4.54. The zero-order valence-corrected chi connectivity index (χ0v) is 19.7. The highest BCUT2D eigenvalue weighted by molar-refractivity contribution is 7.92. The smallest absolute Gasteiger partial charge is 0.338 e. The normalized spacial score (nSPS) is 11.4. The number of hydrogen-bond donors (Lipinski definition) is 1. The van der Waals surface area contributed by atoms with E-state index in [0.717, 1.165) is 16.7 Å². The molecule has 0 saturated heterocycles. The van der Waals surface area contributed by atoms with Crippen molar-refractivity contribution in [3.05, 3.63) is 105 Å². The number of rotatable bonds is 6. The summed E-state index contributed by atoms with van der Waals surface area (Å²) < 4.78 is 38.5. The molecule has 174 valence electrons.